The number of rotatable bonds is 4. The van der Waals surface area contributed by atoms with Gasteiger partial charge in [-0.2, -0.15) is 0 Å². The highest BCUT2D eigenvalue weighted by Crippen LogP contribution is 2.22. The van der Waals surface area contributed by atoms with Crippen LogP contribution in [0.4, 0.5) is 0 Å². The Balaban J connectivity index is 1.85. The molecule has 0 radical (unpaired) electrons. The molecule has 1 saturated heterocycles. The number of hydrogen-bond acceptors (Lipinski definition) is 4. The van der Waals surface area contributed by atoms with Crippen LogP contribution in [-0.4, -0.2) is 33.4 Å². The number of ether oxygens (including phenoxy) is 1. The average molecular weight is 305 g/mol. The smallest absolute Gasteiger partial charge is 0.179 e. The molecule has 2 aromatic rings. The van der Waals surface area contributed by atoms with Crippen molar-refractivity contribution in [1.29, 1.82) is 0 Å². The predicted molar refractivity (Wildman–Crippen MR) is 82.9 cm³/mol. The fourth-order valence-electron chi connectivity index (χ4n) is 2.74. The molecule has 5 heteroatoms. The van der Waals surface area contributed by atoms with E-state index in [1.165, 1.54) is 0 Å². The Morgan fingerprint density at radius 1 is 1.19 bits per heavy atom. The molecule has 21 heavy (non-hydrogen) atoms. The van der Waals surface area contributed by atoms with Gasteiger partial charge in [-0.1, -0.05) is 30.3 Å². The van der Waals surface area contributed by atoms with Crippen LogP contribution < -0.4 is 5.73 Å². The van der Waals surface area contributed by atoms with Gasteiger partial charge in [-0.15, -0.1) is 0 Å². The zero-order chi connectivity index (χ0) is 14.9. The fraction of sp³-hybridized carbons (Fsp3) is 0.375. The van der Waals surface area contributed by atoms with Crippen molar-refractivity contribution in [1.82, 2.24) is 0 Å². The molecule has 0 aromatic heterocycles. The van der Waals surface area contributed by atoms with E-state index < -0.39 is 9.84 Å². The van der Waals surface area contributed by atoms with Crippen molar-refractivity contribution in [2.75, 3.05) is 19.0 Å². The van der Waals surface area contributed by atoms with Crippen LogP contribution in [0.2, 0.25) is 0 Å². The lowest BCUT2D eigenvalue weighted by Gasteiger charge is -2.17. The molecule has 0 amide bonds. The van der Waals surface area contributed by atoms with Crippen LogP contribution in [0, 0.1) is 5.92 Å². The van der Waals surface area contributed by atoms with Gasteiger partial charge >= 0.3 is 0 Å². The van der Waals surface area contributed by atoms with Crippen molar-refractivity contribution in [3.05, 3.63) is 42.5 Å². The zero-order valence-electron chi connectivity index (χ0n) is 11.7. The lowest BCUT2D eigenvalue weighted by molar-refractivity contribution is 0.182. The summed E-state index contributed by atoms with van der Waals surface area (Å²) in [6.07, 6.45) is 0.842. The van der Waals surface area contributed by atoms with Gasteiger partial charge in [0.1, 0.15) is 0 Å². The van der Waals surface area contributed by atoms with E-state index in [1.807, 2.05) is 30.3 Å². The minimum absolute atomic E-state index is 0.0284. The lowest BCUT2D eigenvalue weighted by Crippen LogP contribution is -2.37. The quantitative estimate of drug-likeness (QED) is 0.937. The van der Waals surface area contributed by atoms with E-state index in [1.54, 1.807) is 12.1 Å². The van der Waals surface area contributed by atoms with Crippen LogP contribution in [-0.2, 0) is 14.6 Å². The minimum atomic E-state index is -3.37. The summed E-state index contributed by atoms with van der Waals surface area (Å²) in [5.74, 6) is 0.111. The molecule has 0 spiro atoms. The number of sulfone groups is 1. The topological polar surface area (TPSA) is 69.4 Å². The van der Waals surface area contributed by atoms with Crippen molar-refractivity contribution in [3.8, 4) is 0 Å². The monoisotopic (exact) mass is 305 g/mol. The third-order valence-corrected chi connectivity index (χ3v) is 5.86. The Morgan fingerprint density at radius 2 is 1.95 bits per heavy atom. The van der Waals surface area contributed by atoms with Crippen LogP contribution in [0.25, 0.3) is 10.8 Å². The summed E-state index contributed by atoms with van der Waals surface area (Å²) in [6.45, 7) is 1.24. The molecule has 0 saturated carbocycles. The van der Waals surface area contributed by atoms with Crippen LogP contribution in [0.1, 0.15) is 6.42 Å². The molecule has 1 heterocycles. The molecule has 0 aliphatic carbocycles. The Hall–Kier alpha value is -1.43. The Morgan fingerprint density at radius 3 is 2.67 bits per heavy atom. The summed E-state index contributed by atoms with van der Waals surface area (Å²) >= 11 is 0. The standard InChI is InChI=1S/C16H19NO3S/c17-16(14-7-8-20-10-14)11-21(18,19)15-6-5-12-3-1-2-4-13(12)9-15/h1-6,9,14,16H,7-8,10-11,17H2. The van der Waals surface area contributed by atoms with Crippen LogP contribution in [0.3, 0.4) is 0 Å². The highest BCUT2D eigenvalue weighted by atomic mass is 32.2. The maximum atomic E-state index is 12.5. The van der Waals surface area contributed by atoms with E-state index >= 15 is 0 Å². The second-order valence-electron chi connectivity index (χ2n) is 5.58. The third kappa shape index (κ3) is 3.10. The number of nitrogens with two attached hydrogens (primary N) is 1. The van der Waals surface area contributed by atoms with Gasteiger partial charge in [-0.05, 0) is 29.3 Å². The first kappa shape index (κ1) is 14.5. The molecule has 2 unspecified atom stereocenters. The summed E-state index contributed by atoms with van der Waals surface area (Å²) in [7, 11) is -3.37. The van der Waals surface area contributed by atoms with Gasteiger partial charge in [-0.25, -0.2) is 8.42 Å². The predicted octanol–water partition coefficient (Wildman–Crippen LogP) is 1.98. The highest BCUT2D eigenvalue weighted by Gasteiger charge is 2.28. The SMILES string of the molecule is NC(CS(=O)(=O)c1ccc2ccccc2c1)C1CCOC1. The molecule has 1 aliphatic rings. The van der Waals surface area contributed by atoms with E-state index in [9.17, 15) is 8.42 Å². The molecule has 112 valence electrons. The molecule has 2 aromatic carbocycles. The summed E-state index contributed by atoms with van der Waals surface area (Å²) in [6, 6.07) is 12.6. The van der Waals surface area contributed by atoms with E-state index in [-0.39, 0.29) is 17.7 Å². The van der Waals surface area contributed by atoms with Gasteiger partial charge < -0.3 is 10.5 Å². The zero-order valence-corrected chi connectivity index (χ0v) is 12.6. The average Bonchev–Trinajstić information content (AvgIpc) is 3.00. The number of fused-ring (bicyclic) bond motifs is 1. The summed E-state index contributed by atoms with van der Waals surface area (Å²) in [5.41, 5.74) is 6.06. The van der Waals surface area contributed by atoms with Gasteiger partial charge in [-0.3, -0.25) is 0 Å². The molecule has 3 rings (SSSR count). The van der Waals surface area contributed by atoms with Crippen LogP contribution in [0.15, 0.2) is 47.4 Å². The van der Waals surface area contributed by atoms with Gasteiger partial charge in [0.05, 0.1) is 17.3 Å². The molecule has 4 nitrogen and oxygen atoms in total. The summed E-state index contributed by atoms with van der Waals surface area (Å²) < 4.78 is 30.3. The van der Waals surface area contributed by atoms with Crippen molar-refractivity contribution in [3.63, 3.8) is 0 Å². The molecule has 1 aliphatic heterocycles. The van der Waals surface area contributed by atoms with Crippen molar-refractivity contribution in [2.24, 2.45) is 11.7 Å². The molecule has 0 bridgehead atoms. The van der Waals surface area contributed by atoms with Crippen LogP contribution in [0.5, 0.6) is 0 Å². The van der Waals surface area contributed by atoms with Gasteiger partial charge in [0.25, 0.3) is 0 Å². The van der Waals surface area contributed by atoms with E-state index in [0.29, 0.717) is 18.1 Å². The first-order chi connectivity index (χ1) is 10.1. The van der Waals surface area contributed by atoms with Crippen molar-refractivity contribution < 1.29 is 13.2 Å². The van der Waals surface area contributed by atoms with Gasteiger partial charge in [0.15, 0.2) is 9.84 Å². The molecular weight excluding hydrogens is 286 g/mol. The number of benzene rings is 2. The first-order valence-electron chi connectivity index (χ1n) is 7.11. The Bertz CT molecular complexity index is 736. The lowest BCUT2D eigenvalue weighted by atomic mass is 10.0. The van der Waals surface area contributed by atoms with Gasteiger partial charge in [0.2, 0.25) is 0 Å². The number of hydrogen-bond donors (Lipinski definition) is 1. The van der Waals surface area contributed by atoms with Crippen LogP contribution >= 0.6 is 0 Å². The van der Waals surface area contributed by atoms with Crippen molar-refractivity contribution in [2.45, 2.75) is 17.4 Å². The summed E-state index contributed by atoms with van der Waals surface area (Å²) in [4.78, 5) is 0.343. The first-order valence-corrected chi connectivity index (χ1v) is 8.76. The van der Waals surface area contributed by atoms with E-state index in [2.05, 4.69) is 0 Å². The second-order valence-corrected chi connectivity index (χ2v) is 7.61. The normalized spacial score (nSPS) is 20.7. The molecule has 2 atom stereocenters. The maximum Gasteiger partial charge on any atom is 0.179 e. The van der Waals surface area contributed by atoms with E-state index in [0.717, 1.165) is 17.2 Å². The third-order valence-electron chi connectivity index (χ3n) is 4.06. The molecule has 1 fully saturated rings. The van der Waals surface area contributed by atoms with Crippen molar-refractivity contribution >= 4 is 20.6 Å². The maximum absolute atomic E-state index is 12.5. The second kappa shape index (κ2) is 5.75. The Kier molecular flexibility index (Phi) is 3.97. The summed E-state index contributed by atoms with van der Waals surface area (Å²) in [5, 5.41) is 1.96. The minimum Gasteiger partial charge on any atom is -0.381 e. The largest absolute Gasteiger partial charge is 0.381 e. The van der Waals surface area contributed by atoms with Gasteiger partial charge in [0, 0.05) is 18.6 Å². The fourth-order valence-corrected chi connectivity index (χ4v) is 4.29. The molecule has 2 N–H and O–H groups in total. The van der Waals surface area contributed by atoms with E-state index in [4.69, 9.17) is 10.5 Å². The highest BCUT2D eigenvalue weighted by molar-refractivity contribution is 7.91. The molecular formula is C16H19NO3S. The Labute approximate surface area is 124 Å².